The van der Waals surface area contributed by atoms with Gasteiger partial charge in [0.05, 0.1) is 0 Å². The van der Waals surface area contributed by atoms with E-state index in [1.807, 2.05) is 30.0 Å². The minimum absolute atomic E-state index is 0.236. The van der Waals surface area contributed by atoms with Crippen LogP contribution in [0.3, 0.4) is 0 Å². The van der Waals surface area contributed by atoms with Gasteiger partial charge in [-0.05, 0) is 25.3 Å². The van der Waals surface area contributed by atoms with E-state index in [0.29, 0.717) is 18.9 Å². The first kappa shape index (κ1) is 23.8. The second-order valence-corrected chi connectivity index (χ2v) is 8.60. The number of carbonyl (C=O) groups is 1. The lowest BCUT2D eigenvalue weighted by Gasteiger charge is -2.16. The van der Waals surface area contributed by atoms with Crippen molar-refractivity contribution in [3.05, 3.63) is 47.6 Å². The molecule has 1 saturated heterocycles. The maximum Gasteiger partial charge on any atom is 0.226 e. The van der Waals surface area contributed by atoms with Crippen molar-refractivity contribution in [3.8, 4) is 0 Å². The highest BCUT2D eigenvalue weighted by Crippen LogP contribution is 2.18. The minimum Gasteiger partial charge on any atom is -0.357 e. The van der Waals surface area contributed by atoms with Crippen molar-refractivity contribution in [2.45, 2.75) is 52.4 Å². The normalized spacial score (nSPS) is 16.8. The first-order chi connectivity index (χ1) is 15.5. The molecule has 1 aliphatic rings. The molecule has 1 aliphatic heterocycles. The maximum absolute atomic E-state index is 12.4. The second-order valence-electron chi connectivity index (χ2n) is 8.60. The Balaban J connectivity index is 1.40. The zero-order chi connectivity index (χ0) is 22.8. The number of hydrogen-bond acceptors (Lipinski definition) is 5. The Morgan fingerprint density at radius 3 is 2.78 bits per heavy atom. The smallest absolute Gasteiger partial charge is 0.226 e. The van der Waals surface area contributed by atoms with Gasteiger partial charge in [0.25, 0.3) is 0 Å². The fourth-order valence-electron chi connectivity index (χ4n) is 3.71. The highest BCUT2D eigenvalue weighted by molar-refractivity contribution is 5.80. The van der Waals surface area contributed by atoms with Crippen LogP contribution in [0, 0.1) is 5.92 Å². The largest absolute Gasteiger partial charge is 0.357 e. The molecular weight excluding hydrogens is 404 g/mol. The molecular formula is C24H36N6O2. The van der Waals surface area contributed by atoms with Gasteiger partial charge in [0.15, 0.2) is 11.8 Å². The Labute approximate surface area is 190 Å². The van der Waals surface area contributed by atoms with Crippen molar-refractivity contribution in [1.29, 1.82) is 0 Å². The molecule has 1 fully saturated rings. The lowest BCUT2D eigenvalue weighted by molar-refractivity contribution is -0.127. The molecule has 3 rings (SSSR count). The summed E-state index contributed by atoms with van der Waals surface area (Å²) in [5, 5.41) is 10.6. The zero-order valence-corrected chi connectivity index (χ0v) is 19.5. The van der Waals surface area contributed by atoms with Gasteiger partial charge < -0.3 is 20.1 Å². The van der Waals surface area contributed by atoms with Crippen molar-refractivity contribution in [3.63, 3.8) is 0 Å². The number of aliphatic imine (C=N–C) groups is 1. The summed E-state index contributed by atoms with van der Waals surface area (Å²) in [6.45, 7) is 9.90. The van der Waals surface area contributed by atoms with Crippen molar-refractivity contribution in [2.75, 3.05) is 32.7 Å². The molecule has 2 heterocycles. The lowest BCUT2D eigenvalue weighted by Crippen LogP contribution is -2.38. The first-order valence-corrected chi connectivity index (χ1v) is 11.7. The number of guanidine groups is 1. The van der Waals surface area contributed by atoms with Gasteiger partial charge >= 0.3 is 0 Å². The van der Waals surface area contributed by atoms with Crippen LogP contribution in [-0.4, -0.2) is 59.6 Å². The highest BCUT2D eigenvalue weighted by atomic mass is 16.5. The van der Waals surface area contributed by atoms with E-state index in [1.165, 1.54) is 5.56 Å². The summed E-state index contributed by atoms with van der Waals surface area (Å²) in [5.41, 5.74) is 1.27. The molecule has 174 valence electrons. The Morgan fingerprint density at radius 1 is 1.25 bits per heavy atom. The summed E-state index contributed by atoms with van der Waals surface area (Å²) in [7, 11) is 0. The number of aryl methyl sites for hydroxylation is 1. The SMILES string of the molecule is CCNC(=NCC1CC(=O)N(CCc2ccccc2)C1)NCCCc1nc(C(C)C)no1. The van der Waals surface area contributed by atoms with Gasteiger partial charge in [-0.2, -0.15) is 4.98 Å². The van der Waals surface area contributed by atoms with Crippen LogP contribution >= 0.6 is 0 Å². The third-order valence-electron chi connectivity index (χ3n) is 5.52. The van der Waals surface area contributed by atoms with E-state index in [1.54, 1.807) is 0 Å². The Morgan fingerprint density at radius 2 is 2.06 bits per heavy atom. The first-order valence-electron chi connectivity index (χ1n) is 11.7. The number of amides is 1. The molecule has 1 atom stereocenters. The Bertz CT molecular complexity index is 864. The molecule has 1 amide bonds. The van der Waals surface area contributed by atoms with Gasteiger partial charge in [-0.3, -0.25) is 9.79 Å². The van der Waals surface area contributed by atoms with Crippen LogP contribution in [0.25, 0.3) is 0 Å². The maximum atomic E-state index is 12.4. The summed E-state index contributed by atoms with van der Waals surface area (Å²) in [4.78, 5) is 23.5. The fourth-order valence-corrected chi connectivity index (χ4v) is 3.71. The third-order valence-corrected chi connectivity index (χ3v) is 5.52. The van der Waals surface area contributed by atoms with E-state index >= 15 is 0 Å². The van der Waals surface area contributed by atoms with Crippen LogP contribution in [-0.2, 0) is 17.6 Å². The van der Waals surface area contributed by atoms with Gasteiger partial charge in [0.1, 0.15) is 0 Å². The predicted octanol–water partition coefficient (Wildman–Crippen LogP) is 2.77. The van der Waals surface area contributed by atoms with Gasteiger partial charge in [-0.25, -0.2) is 0 Å². The number of likely N-dealkylation sites (tertiary alicyclic amines) is 1. The topological polar surface area (TPSA) is 95.7 Å². The van der Waals surface area contributed by atoms with E-state index in [2.05, 4.69) is 46.8 Å². The van der Waals surface area contributed by atoms with E-state index in [0.717, 1.165) is 57.2 Å². The Kier molecular flexibility index (Phi) is 9.07. The molecule has 2 aromatic rings. The number of rotatable bonds is 11. The molecule has 2 N–H and O–H groups in total. The van der Waals surface area contributed by atoms with E-state index in [4.69, 9.17) is 9.52 Å². The van der Waals surface area contributed by atoms with Crippen molar-refractivity contribution >= 4 is 11.9 Å². The minimum atomic E-state index is 0.236. The van der Waals surface area contributed by atoms with Crippen LogP contribution < -0.4 is 10.6 Å². The number of carbonyl (C=O) groups excluding carboxylic acids is 1. The van der Waals surface area contributed by atoms with E-state index in [-0.39, 0.29) is 17.7 Å². The molecule has 0 radical (unpaired) electrons. The summed E-state index contributed by atoms with van der Waals surface area (Å²) in [5.74, 6) is 3.00. The monoisotopic (exact) mass is 440 g/mol. The van der Waals surface area contributed by atoms with Crippen LogP contribution in [0.4, 0.5) is 0 Å². The molecule has 1 aromatic heterocycles. The molecule has 1 aromatic carbocycles. The average molecular weight is 441 g/mol. The number of hydrogen-bond donors (Lipinski definition) is 2. The molecule has 0 saturated carbocycles. The molecule has 8 nitrogen and oxygen atoms in total. The molecule has 32 heavy (non-hydrogen) atoms. The van der Waals surface area contributed by atoms with Crippen LogP contribution in [0.15, 0.2) is 39.8 Å². The number of aromatic nitrogens is 2. The standard InChI is InChI=1S/C24H36N6O2/c1-4-25-24(26-13-8-11-21-28-23(18(2)3)29-32-21)27-16-20-15-22(31)30(17-20)14-12-19-9-6-5-7-10-19/h5-7,9-10,18,20H,4,8,11-17H2,1-3H3,(H2,25,26,27). The summed E-state index contributed by atoms with van der Waals surface area (Å²) >= 11 is 0. The summed E-state index contributed by atoms with van der Waals surface area (Å²) in [6, 6.07) is 10.3. The van der Waals surface area contributed by atoms with Crippen molar-refractivity contribution in [1.82, 2.24) is 25.7 Å². The number of nitrogens with zero attached hydrogens (tertiary/aromatic N) is 4. The van der Waals surface area contributed by atoms with Gasteiger partial charge in [-0.1, -0.05) is 49.3 Å². The van der Waals surface area contributed by atoms with Crippen LogP contribution in [0.2, 0.25) is 0 Å². The predicted molar refractivity (Wildman–Crippen MR) is 126 cm³/mol. The van der Waals surface area contributed by atoms with Crippen molar-refractivity contribution in [2.24, 2.45) is 10.9 Å². The third kappa shape index (κ3) is 7.35. The molecule has 0 spiro atoms. The van der Waals surface area contributed by atoms with Crippen molar-refractivity contribution < 1.29 is 9.32 Å². The van der Waals surface area contributed by atoms with Gasteiger partial charge in [0.2, 0.25) is 11.8 Å². The summed E-state index contributed by atoms with van der Waals surface area (Å²) in [6.07, 6.45) is 3.08. The molecule has 8 heteroatoms. The van der Waals surface area contributed by atoms with Gasteiger partial charge in [0, 0.05) is 57.4 Å². The lowest BCUT2D eigenvalue weighted by atomic mass is 10.1. The average Bonchev–Trinajstić information content (AvgIpc) is 3.41. The number of benzene rings is 1. The number of nitrogens with one attached hydrogen (secondary N) is 2. The molecule has 0 bridgehead atoms. The van der Waals surface area contributed by atoms with E-state index < -0.39 is 0 Å². The highest BCUT2D eigenvalue weighted by Gasteiger charge is 2.29. The summed E-state index contributed by atoms with van der Waals surface area (Å²) < 4.78 is 5.29. The van der Waals surface area contributed by atoms with Crippen LogP contribution in [0.1, 0.15) is 56.8 Å². The molecule has 0 aliphatic carbocycles. The van der Waals surface area contributed by atoms with Crippen LogP contribution in [0.5, 0.6) is 0 Å². The van der Waals surface area contributed by atoms with E-state index in [9.17, 15) is 4.79 Å². The second kappa shape index (κ2) is 12.2. The quantitative estimate of drug-likeness (QED) is 0.317. The van der Waals surface area contributed by atoms with Gasteiger partial charge in [-0.15, -0.1) is 0 Å². The molecule has 1 unspecified atom stereocenters. The zero-order valence-electron chi connectivity index (χ0n) is 19.5. The fraction of sp³-hybridized carbons (Fsp3) is 0.583. The Hall–Kier alpha value is -2.90.